The highest BCUT2D eigenvalue weighted by Gasteiger charge is 2.35. The lowest BCUT2D eigenvalue weighted by molar-refractivity contribution is 0.0699. The van der Waals surface area contributed by atoms with Gasteiger partial charge in [0.1, 0.15) is 11.5 Å². The Hall–Kier alpha value is -2.66. The number of ether oxygens (including phenoxy) is 1. The van der Waals surface area contributed by atoms with Crippen LogP contribution in [0, 0.1) is 5.92 Å². The van der Waals surface area contributed by atoms with Crippen LogP contribution < -0.4 is 0 Å². The molecule has 2 aromatic carbocycles. The van der Waals surface area contributed by atoms with E-state index in [4.69, 9.17) is 16.3 Å². The predicted molar refractivity (Wildman–Crippen MR) is 152 cm³/mol. The number of carbonyl (C=O) groups is 2. The molecule has 8 nitrogen and oxygen atoms in total. The number of piperidine rings is 2. The molecule has 0 saturated carbocycles. The number of carboxylic acid groups (broad SMARTS) is 1. The van der Waals surface area contributed by atoms with Crippen molar-refractivity contribution in [3.63, 3.8) is 0 Å². The molecule has 2 aliphatic rings. The van der Waals surface area contributed by atoms with Gasteiger partial charge in [-0.05, 0) is 72.2 Å². The van der Waals surface area contributed by atoms with Gasteiger partial charge in [0, 0.05) is 35.9 Å². The lowest BCUT2D eigenvalue weighted by Gasteiger charge is -2.35. The SMILES string of the molecule is O=C(O)c1sc2ccc(Cl)cc2c1C1CCN(S(=O)(=O)CC2CCCN(C(=O)OCc3ccccc3)C2)CC1. The molecule has 5 rings (SSSR count). The van der Waals surface area contributed by atoms with Crippen molar-refractivity contribution in [1.29, 1.82) is 0 Å². The fraction of sp³-hybridized carbons (Fsp3) is 0.429. The molecule has 0 aliphatic carbocycles. The smallest absolute Gasteiger partial charge is 0.410 e. The maximum absolute atomic E-state index is 13.3. The van der Waals surface area contributed by atoms with E-state index in [-0.39, 0.29) is 24.2 Å². The summed E-state index contributed by atoms with van der Waals surface area (Å²) in [6.45, 7) is 1.76. The van der Waals surface area contributed by atoms with Crippen LogP contribution in [0.3, 0.4) is 0 Å². The summed E-state index contributed by atoms with van der Waals surface area (Å²) in [6.07, 6.45) is 2.14. The van der Waals surface area contributed by atoms with Crippen LogP contribution in [0.2, 0.25) is 5.02 Å². The van der Waals surface area contributed by atoms with Crippen LogP contribution in [0.4, 0.5) is 4.79 Å². The maximum atomic E-state index is 13.3. The average Bonchev–Trinajstić information content (AvgIpc) is 3.31. The molecule has 2 fully saturated rings. The van der Waals surface area contributed by atoms with Gasteiger partial charge in [0.25, 0.3) is 0 Å². The molecule has 1 unspecified atom stereocenters. The summed E-state index contributed by atoms with van der Waals surface area (Å²) in [5.74, 6) is -1.20. The Morgan fingerprint density at radius 2 is 1.79 bits per heavy atom. The van der Waals surface area contributed by atoms with Gasteiger partial charge in [0.2, 0.25) is 10.0 Å². The van der Waals surface area contributed by atoms with E-state index >= 15 is 0 Å². The summed E-state index contributed by atoms with van der Waals surface area (Å²) in [4.78, 5) is 26.5. The van der Waals surface area contributed by atoms with Crippen LogP contribution >= 0.6 is 22.9 Å². The Morgan fingerprint density at radius 1 is 1.05 bits per heavy atom. The molecule has 1 N–H and O–H groups in total. The second-order valence-electron chi connectivity index (χ2n) is 10.2. The zero-order valence-electron chi connectivity index (χ0n) is 21.4. The molecule has 1 aromatic heterocycles. The first-order valence-corrected chi connectivity index (χ1v) is 15.9. The summed E-state index contributed by atoms with van der Waals surface area (Å²) in [5, 5.41) is 11.2. The van der Waals surface area contributed by atoms with E-state index in [2.05, 4.69) is 0 Å². The Bertz CT molecular complexity index is 1450. The third-order valence-corrected chi connectivity index (χ3v) is 11.0. The summed E-state index contributed by atoms with van der Waals surface area (Å²) < 4.78 is 34.5. The van der Waals surface area contributed by atoms with E-state index in [1.165, 1.54) is 15.6 Å². The third-order valence-electron chi connectivity index (χ3n) is 7.57. The number of nitrogens with zero attached hydrogens (tertiary/aromatic N) is 2. The van der Waals surface area contributed by atoms with Crippen LogP contribution in [-0.4, -0.2) is 66.7 Å². The Morgan fingerprint density at radius 3 is 2.51 bits per heavy atom. The van der Waals surface area contributed by atoms with E-state index in [0.29, 0.717) is 48.9 Å². The van der Waals surface area contributed by atoms with Gasteiger partial charge in [-0.15, -0.1) is 11.3 Å². The molecule has 1 amide bonds. The Balaban J connectivity index is 1.19. The molecular weight excluding hydrogens is 560 g/mol. The molecule has 39 heavy (non-hydrogen) atoms. The maximum Gasteiger partial charge on any atom is 0.410 e. The predicted octanol–water partition coefficient (Wildman–Crippen LogP) is 5.81. The first-order valence-electron chi connectivity index (χ1n) is 13.1. The van der Waals surface area contributed by atoms with Crippen LogP contribution in [0.25, 0.3) is 10.1 Å². The summed E-state index contributed by atoms with van der Waals surface area (Å²) >= 11 is 7.44. The van der Waals surface area contributed by atoms with Gasteiger partial charge in [-0.1, -0.05) is 41.9 Å². The fourth-order valence-corrected chi connectivity index (χ4v) is 8.78. The van der Waals surface area contributed by atoms with Crippen LogP contribution in [0.15, 0.2) is 48.5 Å². The first kappa shape index (κ1) is 27.9. The topological polar surface area (TPSA) is 104 Å². The molecule has 1 atom stereocenters. The van der Waals surface area contributed by atoms with Crippen molar-refractivity contribution in [3.05, 3.63) is 69.6 Å². The van der Waals surface area contributed by atoms with E-state index < -0.39 is 22.1 Å². The molecule has 0 spiro atoms. The van der Waals surface area contributed by atoms with Gasteiger partial charge in [-0.25, -0.2) is 22.3 Å². The number of halogens is 1. The standard InChI is InChI=1S/C28H31ClN2O6S2/c29-22-8-9-24-23(15-22)25(26(38-24)27(32)33)21-10-13-31(14-11-21)39(35,36)18-20-7-4-12-30(16-20)28(34)37-17-19-5-2-1-3-6-19/h1-3,5-6,8-9,15,20-21H,4,7,10-14,16-18H2,(H,32,33). The number of aromatic carboxylic acids is 1. The molecule has 2 aliphatic heterocycles. The fourth-order valence-electron chi connectivity index (χ4n) is 5.66. The van der Waals surface area contributed by atoms with Crippen molar-refractivity contribution >= 4 is 55.1 Å². The van der Waals surface area contributed by atoms with Crippen molar-refractivity contribution in [2.45, 2.75) is 38.2 Å². The molecule has 0 bridgehead atoms. The Kier molecular flexibility index (Phi) is 8.46. The number of carboxylic acids is 1. The number of amides is 1. The van der Waals surface area contributed by atoms with Gasteiger partial charge < -0.3 is 14.7 Å². The normalized spacial score (nSPS) is 19.3. The molecule has 11 heteroatoms. The van der Waals surface area contributed by atoms with Crippen LogP contribution in [0.5, 0.6) is 0 Å². The van der Waals surface area contributed by atoms with Crippen molar-refractivity contribution < 1.29 is 27.9 Å². The van der Waals surface area contributed by atoms with Crippen molar-refractivity contribution in [2.24, 2.45) is 5.92 Å². The van der Waals surface area contributed by atoms with Crippen molar-refractivity contribution in [1.82, 2.24) is 9.21 Å². The molecule has 2 saturated heterocycles. The van der Waals surface area contributed by atoms with E-state index in [9.17, 15) is 23.1 Å². The summed E-state index contributed by atoms with van der Waals surface area (Å²) in [5.41, 5.74) is 1.67. The highest BCUT2D eigenvalue weighted by molar-refractivity contribution is 7.89. The lowest BCUT2D eigenvalue weighted by atomic mass is 9.88. The number of thiophene rings is 1. The van der Waals surface area contributed by atoms with E-state index in [1.807, 2.05) is 36.4 Å². The second-order valence-corrected chi connectivity index (χ2v) is 13.7. The lowest BCUT2D eigenvalue weighted by Crippen LogP contribution is -2.45. The number of hydrogen-bond donors (Lipinski definition) is 1. The minimum atomic E-state index is -3.54. The number of likely N-dealkylation sites (tertiary alicyclic amines) is 1. The number of fused-ring (bicyclic) bond motifs is 1. The molecule has 208 valence electrons. The highest BCUT2D eigenvalue weighted by atomic mass is 35.5. The highest BCUT2D eigenvalue weighted by Crippen LogP contribution is 2.42. The molecule has 3 heterocycles. The number of hydrogen-bond acceptors (Lipinski definition) is 6. The Labute approximate surface area is 237 Å². The van der Waals surface area contributed by atoms with Gasteiger partial charge in [-0.3, -0.25) is 0 Å². The van der Waals surface area contributed by atoms with Gasteiger partial charge in [-0.2, -0.15) is 0 Å². The average molecular weight is 591 g/mol. The van der Waals surface area contributed by atoms with Crippen LogP contribution in [0.1, 0.15) is 52.4 Å². The third kappa shape index (κ3) is 6.40. The largest absolute Gasteiger partial charge is 0.477 e. The van der Waals surface area contributed by atoms with Gasteiger partial charge in [0.05, 0.1) is 5.75 Å². The number of rotatable bonds is 7. The molecule has 0 radical (unpaired) electrons. The van der Waals surface area contributed by atoms with Gasteiger partial charge >= 0.3 is 12.1 Å². The van der Waals surface area contributed by atoms with Crippen LogP contribution in [-0.2, 0) is 21.4 Å². The van der Waals surface area contributed by atoms with E-state index in [1.54, 1.807) is 17.0 Å². The summed E-state index contributed by atoms with van der Waals surface area (Å²) in [7, 11) is -3.54. The van der Waals surface area contributed by atoms with Gasteiger partial charge in [0.15, 0.2) is 0 Å². The molecule has 3 aromatic rings. The first-order chi connectivity index (χ1) is 18.7. The monoisotopic (exact) mass is 590 g/mol. The number of sulfonamides is 1. The second kappa shape index (κ2) is 11.8. The minimum absolute atomic E-state index is 0.0164. The number of carbonyl (C=O) groups excluding carboxylic acids is 1. The quantitative estimate of drug-likeness (QED) is 0.372. The van der Waals surface area contributed by atoms with E-state index in [0.717, 1.165) is 34.1 Å². The molecular formula is C28H31ClN2O6S2. The zero-order chi connectivity index (χ0) is 27.6. The van der Waals surface area contributed by atoms with Crippen molar-refractivity contribution in [3.8, 4) is 0 Å². The summed E-state index contributed by atoms with van der Waals surface area (Å²) in [6, 6.07) is 14.8. The zero-order valence-corrected chi connectivity index (χ0v) is 23.8. The number of benzene rings is 2. The minimum Gasteiger partial charge on any atom is -0.477 e. The van der Waals surface area contributed by atoms with Crippen molar-refractivity contribution in [2.75, 3.05) is 31.9 Å².